The van der Waals surface area contributed by atoms with Crippen LogP contribution >= 0.6 is 0 Å². The van der Waals surface area contributed by atoms with Crippen molar-refractivity contribution in [2.75, 3.05) is 13.2 Å². The standard InChI is InChI=1S/2C6H14OS2.Pt/c2*1-3-5(2)4-7-6(8)9;/h2*5-6,8-9H,3-4H2,1-2H3;/q;;+4/p-4. The van der Waals surface area contributed by atoms with Gasteiger partial charge in [-0.1, -0.05) is 40.5 Å². The minimum atomic E-state index is -0.445. The third-order valence-electron chi connectivity index (χ3n) is 2.43. The first-order chi connectivity index (χ1) is 8.33. The molecule has 0 N–H and O–H groups in total. The normalized spacial score (nSPS) is 13.6. The van der Waals surface area contributed by atoms with Crippen LogP contribution in [-0.2, 0) is 81.1 Å². The Bertz CT molecular complexity index is 156. The van der Waals surface area contributed by atoms with Gasteiger partial charge >= 0.3 is 21.1 Å². The molecule has 0 aliphatic rings. The molecule has 0 aromatic rings. The molecule has 118 valence electrons. The molecule has 0 saturated heterocycles. The molecule has 2 nitrogen and oxygen atoms in total. The van der Waals surface area contributed by atoms with Gasteiger partial charge in [0.15, 0.2) is 0 Å². The van der Waals surface area contributed by atoms with E-state index in [0.717, 1.165) is 12.8 Å². The van der Waals surface area contributed by atoms with Crippen molar-refractivity contribution in [3.8, 4) is 0 Å². The maximum Gasteiger partial charge on any atom is 4.00 e. The van der Waals surface area contributed by atoms with Gasteiger partial charge < -0.3 is 60.0 Å². The van der Waals surface area contributed by atoms with Crippen LogP contribution in [0.15, 0.2) is 0 Å². The number of ether oxygens (including phenoxy) is 2. The molecular weight excluding hydrogens is 499 g/mol. The summed E-state index contributed by atoms with van der Waals surface area (Å²) in [4.78, 5) is 0. The van der Waals surface area contributed by atoms with Crippen molar-refractivity contribution in [3.63, 3.8) is 0 Å². The van der Waals surface area contributed by atoms with Crippen LogP contribution in [-0.4, -0.2) is 22.7 Å². The first-order valence-electron chi connectivity index (χ1n) is 6.19. The van der Waals surface area contributed by atoms with Crippen LogP contribution in [0, 0.1) is 11.8 Å². The molecule has 0 aromatic heterocycles. The van der Waals surface area contributed by atoms with Crippen LogP contribution in [0.5, 0.6) is 0 Å². The van der Waals surface area contributed by atoms with E-state index in [-0.39, 0.29) is 21.1 Å². The van der Waals surface area contributed by atoms with Gasteiger partial charge in [0.05, 0.1) is 0 Å². The molecule has 0 bridgehead atoms. The monoisotopic (exact) mass is 523 g/mol. The Morgan fingerprint density at radius 3 is 1.16 bits per heavy atom. The zero-order valence-electron chi connectivity index (χ0n) is 11.9. The largest absolute Gasteiger partial charge is 4.00 e. The van der Waals surface area contributed by atoms with E-state index in [1.807, 2.05) is 0 Å². The summed E-state index contributed by atoms with van der Waals surface area (Å²) in [5, 5.41) is 0. The molecule has 19 heavy (non-hydrogen) atoms. The molecule has 0 rings (SSSR count). The maximum absolute atomic E-state index is 5.02. The predicted octanol–water partition coefficient (Wildman–Crippen LogP) is 2.85. The molecule has 0 saturated carbocycles. The Hall–Kier alpha value is 2.01. The van der Waals surface area contributed by atoms with Crippen molar-refractivity contribution < 1.29 is 30.5 Å². The SMILES string of the molecule is CCC(C)COC([S-])[S-].CCC(C)COC([S-])[S-].[Pt+4]. The molecule has 0 amide bonds. The Kier molecular flexibility index (Phi) is 24.6. The smallest absolute Gasteiger partial charge is 0.788 e. The summed E-state index contributed by atoms with van der Waals surface area (Å²) in [5.41, 5.74) is 0. The van der Waals surface area contributed by atoms with Crippen LogP contribution in [0.4, 0.5) is 0 Å². The summed E-state index contributed by atoms with van der Waals surface area (Å²) in [6, 6.07) is 0. The van der Waals surface area contributed by atoms with E-state index in [9.17, 15) is 0 Å². The van der Waals surface area contributed by atoms with E-state index in [2.05, 4.69) is 78.2 Å². The van der Waals surface area contributed by atoms with E-state index < -0.39 is 9.54 Å². The van der Waals surface area contributed by atoms with Crippen LogP contribution in [0.3, 0.4) is 0 Å². The molecule has 0 aliphatic heterocycles. The van der Waals surface area contributed by atoms with Crippen LogP contribution < -0.4 is 0 Å². The molecule has 2 atom stereocenters. The molecule has 0 fully saturated rings. The van der Waals surface area contributed by atoms with Crippen molar-refractivity contribution in [3.05, 3.63) is 0 Å². The number of hydrogen-bond donors (Lipinski definition) is 0. The van der Waals surface area contributed by atoms with Crippen molar-refractivity contribution in [1.29, 1.82) is 0 Å². The number of rotatable bonds is 8. The van der Waals surface area contributed by atoms with Gasteiger partial charge in [0.25, 0.3) is 0 Å². The Balaban J connectivity index is -0.000000256. The minimum Gasteiger partial charge on any atom is -0.788 e. The Morgan fingerprint density at radius 2 is 1.00 bits per heavy atom. The summed E-state index contributed by atoms with van der Waals surface area (Å²) < 4.78 is 9.16. The summed E-state index contributed by atoms with van der Waals surface area (Å²) in [6.07, 6.45) is 2.24. The second-order valence-corrected chi connectivity index (χ2v) is 6.58. The second kappa shape index (κ2) is 18.1. The first kappa shape index (κ1) is 25.9. The second-order valence-electron chi connectivity index (χ2n) is 4.27. The molecule has 0 aromatic carbocycles. The molecule has 0 radical (unpaired) electrons. The minimum absolute atomic E-state index is 0. The average molecular weight is 524 g/mol. The van der Waals surface area contributed by atoms with Crippen molar-refractivity contribution >= 4 is 50.5 Å². The van der Waals surface area contributed by atoms with Crippen molar-refractivity contribution in [2.24, 2.45) is 11.8 Å². The van der Waals surface area contributed by atoms with E-state index in [4.69, 9.17) is 9.47 Å². The Labute approximate surface area is 155 Å². The predicted molar refractivity (Wildman–Crippen MR) is 87.9 cm³/mol. The van der Waals surface area contributed by atoms with Gasteiger partial charge in [-0.25, -0.2) is 0 Å². The fourth-order valence-electron chi connectivity index (χ4n) is 0.721. The van der Waals surface area contributed by atoms with Gasteiger partial charge in [-0.15, -0.1) is 0 Å². The summed E-state index contributed by atoms with van der Waals surface area (Å²) in [5.74, 6) is 1.16. The topological polar surface area (TPSA) is 18.5 Å². The molecular formula is C12H24O2PtS4. The van der Waals surface area contributed by atoms with E-state index in [1.54, 1.807) is 0 Å². The van der Waals surface area contributed by atoms with Gasteiger partial charge in [0.1, 0.15) is 0 Å². The van der Waals surface area contributed by atoms with Crippen LogP contribution in [0.1, 0.15) is 40.5 Å². The van der Waals surface area contributed by atoms with Gasteiger partial charge in [-0.3, -0.25) is 0 Å². The maximum atomic E-state index is 5.02. The van der Waals surface area contributed by atoms with E-state index >= 15 is 0 Å². The molecule has 2 unspecified atom stereocenters. The van der Waals surface area contributed by atoms with Crippen molar-refractivity contribution in [1.82, 2.24) is 0 Å². The van der Waals surface area contributed by atoms with Crippen molar-refractivity contribution in [2.45, 2.75) is 50.1 Å². The van der Waals surface area contributed by atoms with Gasteiger partial charge in [0.2, 0.25) is 0 Å². The molecule has 0 aliphatic carbocycles. The van der Waals surface area contributed by atoms with E-state index in [0.29, 0.717) is 25.0 Å². The third-order valence-corrected chi connectivity index (χ3v) is 2.97. The third kappa shape index (κ3) is 25.3. The summed E-state index contributed by atoms with van der Waals surface area (Å²) in [7, 11) is 0. The van der Waals surface area contributed by atoms with Gasteiger partial charge in [-0.2, -0.15) is 9.54 Å². The Morgan fingerprint density at radius 1 is 0.737 bits per heavy atom. The molecule has 0 heterocycles. The number of hydrogen-bond acceptors (Lipinski definition) is 6. The first-order valence-corrected chi connectivity index (χ1v) is 8.08. The molecule has 0 spiro atoms. The summed E-state index contributed by atoms with van der Waals surface area (Å²) >= 11 is 18.6. The average Bonchev–Trinajstić information content (AvgIpc) is 2.33. The fourth-order valence-corrected chi connectivity index (χ4v) is 1.04. The zero-order valence-corrected chi connectivity index (χ0v) is 17.4. The quantitative estimate of drug-likeness (QED) is 0.453. The zero-order chi connectivity index (χ0) is 14.6. The fraction of sp³-hybridized carbons (Fsp3) is 1.00. The van der Waals surface area contributed by atoms with Crippen LogP contribution in [0.25, 0.3) is 0 Å². The van der Waals surface area contributed by atoms with Crippen LogP contribution in [0.2, 0.25) is 0 Å². The van der Waals surface area contributed by atoms with Gasteiger partial charge in [0, 0.05) is 13.2 Å². The van der Waals surface area contributed by atoms with E-state index in [1.165, 1.54) is 0 Å². The van der Waals surface area contributed by atoms with Gasteiger partial charge in [-0.05, 0) is 11.8 Å². The summed E-state index contributed by atoms with van der Waals surface area (Å²) in [6.45, 7) is 9.88. The molecule has 7 heteroatoms.